The molecule has 0 saturated carbocycles. The van der Waals surface area contributed by atoms with E-state index in [2.05, 4.69) is 0 Å². The summed E-state index contributed by atoms with van der Waals surface area (Å²) in [5.74, 6) is 0. The van der Waals surface area contributed by atoms with E-state index in [0.29, 0.717) is 6.07 Å². The molecular weight excluding hydrogens is 365 g/mol. The van der Waals surface area contributed by atoms with E-state index in [4.69, 9.17) is 0 Å². The van der Waals surface area contributed by atoms with E-state index in [9.17, 15) is 31.1 Å². The topological polar surface area (TPSA) is 17.1 Å². The van der Waals surface area contributed by atoms with Gasteiger partial charge < -0.3 is 0 Å². The van der Waals surface area contributed by atoms with Crippen LogP contribution in [0.3, 0.4) is 0 Å². The summed E-state index contributed by atoms with van der Waals surface area (Å²) in [6.45, 7) is 0. The van der Waals surface area contributed by atoms with E-state index in [1.807, 2.05) is 0 Å². The Kier molecular flexibility index (Phi) is 3.75. The van der Waals surface area contributed by atoms with Gasteiger partial charge in [-0.05, 0) is 34.7 Å². The zero-order valence-corrected chi connectivity index (χ0v) is 9.94. The van der Waals surface area contributed by atoms with Gasteiger partial charge in [0.1, 0.15) is 0 Å². The van der Waals surface area contributed by atoms with Crippen molar-refractivity contribution in [2.24, 2.45) is 0 Å². The summed E-state index contributed by atoms with van der Waals surface area (Å²) in [6, 6.07) is 0.519. The third-order valence-electron chi connectivity index (χ3n) is 1.88. The number of carbonyl (C=O) groups excluding carboxylic acids is 1. The number of benzene rings is 1. The minimum atomic E-state index is -4.86. The van der Waals surface area contributed by atoms with Gasteiger partial charge in [0.05, 0.1) is 11.1 Å². The van der Waals surface area contributed by atoms with E-state index in [-0.39, 0.29) is 12.4 Å². The molecule has 8 heteroatoms. The van der Waals surface area contributed by atoms with Crippen LogP contribution in [0.25, 0.3) is 0 Å². The predicted octanol–water partition coefficient (Wildman–Crippen LogP) is 4.14. The Balaban J connectivity index is 3.51. The van der Waals surface area contributed by atoms with Crippen molar-refractivity contribution in [2.75, 3.05) is 0 Å². The van der Waals surface area contributed by atoms with E-state index in [0.717, 1.165) is 22.6 Å². The molecule has 0 heterocycles. The quantitative estimate of drug-likeness (QED) is 0.414. The first-order valence-corrected chi connectivity index (χ1v) is 5.08. The number of rotatable bonds is 1. The van der Waals surface area contributed by atoms with Gasteiger partial charge in [0, 0.05) is 9.13 Å². The summed E-state index contributed by atoms with van der Waals surface area (Å²) < 4.78 is 73.8. The van der Waals surface area contributed by atoms with Crippen molar-refractivity contribution in [2.45, 2.75) is 12.4 Å². The molecule has 0 fully saturated rings. The number of hydrogen-bond acceptors (Lipinski definition) is 1. The number of aldehydes is 1. The van der Waals surface area contributed by atoms with E-state index < -0.39 is 32.6 Å². The number of halogens is 7. The summed E-state index contributed by atoms with van der Waals surface area (Å²) in [5, 5.41) is 0. The minimum absolute atomic E-state index is 0.206. The standard InChI is InChI=1S/C9H3F6IO/c10-8(11,12)5-2-7(16)6(9(13,14)15)1-4(5)3-17/h1-3H. The van der Waals surface area contributed by atoms with Crippen LogP contribution in [0.15, 0.2) is 12.1 Å². The average Bonchev–Trinajstić information content (AvgIpc) is 2.14. The second-order valence-corrected chi connectivity index (χ2v) is 4.19. The van der Waals surface area contributed by atoms with Crippen molar-refractivity contribution in [3.05, 3.63) is 32.4 Å². The first-order chi connectivity index (χ1) is 7.57. The highest BCUT2D eigenvalue weighted by molar-refractivity contribution is 14.1. The predicted molar refractivity (Wildman–Crippen MR) is 54.6 cm³/mol. The van der Waals surface area contributed by atoms with Gasteiger partial charge in [0.2, 0.25) is 0 Å². The lowest BCUT2D eigenvalue weighted by Gasteiger charge is -2.14. The Bertz CT molecular complexity index is 448. The summed E-state index contributed by atoms with van der Waals surface area (Å²) >= 11 is 1.15. The van der Waals surface area contributed by atoms with Crippen molar-refractivity contribution in [3.8, 4) is 0 Å². The molecule has 0 aliphatic heterocycles. The fraction of sp³-hybridized carbons (Fsp3) is 0.222. The molecule has 1 rings (SSSR count). The van der Waals surface area contributed by atoms with Gasteiger partial charge in [-0.25, -0.2) is 0 Å². The molecule has 0 aromatic heterocycles. The molecule has 0 saturated heterocycles. The van der Waals surface area contributed by atoms with E-state index in [1.54, 1.807) is 0 Å². The highest BCUT2D eigenvalue weighted by atomic mass is 127. The molecule has 0 N–H and O–H groups in total. The van der Waals surface area contributed by atoms with Crippen LogP contribution < -0.4 is 0 Å². The lowest BCUT2D eigenvalue weighted by Crippen LogP contribution is -2.14. The van der Waals surface area contributed by atoms with Crippen LogP contribution in [0.5, 0.6) is 0 Å². The maximum Gasteiger partial charge on any atom is 0.417 e. The van der Waals surface area contributed by atoms with Crippen LogP contribution in [0.4, 0.5) is 26.3 Å². The molecule has 94 valence electrons. The summed E-state index contributed by atoms with van der Waals surface area (Å²) in [4.78, 5) is 10.4. The molecule has 0 bridgehead atoms. The second kappa shape index (κ2) is 4.46. The third-order valence-corrected chi connectivity index (χ3v) is 2.77. The molecule has 0 atom stereocenters. The highest BCUT2D eigenvalue weighted by Crippen LogP contribution is 2.38. The zero-order valence-electron chi connectivity index (χ0n) is 7.79. The smallest absolute Gasteiger partial charge is 0.298 e. The van der Waals surface area contributed by atoms with Gasteiger partial charge in [0.15, 0.2) is 6.29 Å². The molecule has 0 aliphatic rings. The molecule has 1 nitrogen and oxygen atoms in total. The van der Waals surface area contributed by atoms with Gasteiger partial charge in [-0.2, -0.15) is 26.3 Å². The Morgan fingerprint density at radius 1 is 0.941 bits per heavy atom. The normalized spacial score (nSPS) is 12.6. The van der Waals surface area contributed by atoms with Crippen LogP contribution in [-0.4, -0.2) is 6.29 Å². The van der Waals surface area contributed by atoms with Gasteiger partial charge >= 0.3 is 12.4 Å². The van der Waals surface area contributed by atoms with Gasteiger partial charge in [-0.15, -0.1) is 0 Å². The number of hydrogen-bond donors (Lipinski definition) is 0. The summed E-state index contributed by atoms with van der Waals surface area (Å²) in [5.41, 5.74) is -3.65. The van der Waals surface area contributed by atoms with E-state index in [1.165, 1.54) is 0 Å². The van der Waals surface area contributed by atoms with Crippen LogP contribution in [0.2, 0.25) is 0 Å². The SMILES string of the molecule is O=Cc1cc(C(F)(F)F)c(I)cc1C(F)(F)F. The fourth-order valence-electron chi connectivity index (χ4n) is 1.15. The first-order valence-electron chi connectivity index (χ1n) is 4.00. The lowest BCUT2D eigenvalue weighted by molar-refractivity contribution is -0.142. The van der Waals surface area contributed by atoms with Crippen molar-refractivity contribution in [3.63, 3.8) is 0 Å². The fourth-order valence-corrected chi connectivity index (χ4v) is 1.92. The van der Waals surface area contributed by atoms with Crippen LogP contribution in [0, 0.1) is 3.57 Å². The maximum absolute atomic E-state index is 12.4. The second-order valence-electron chi connectivity index (χ2n) is 3.03. The van der Waals surface area contributed by atoms with Crippen molar-refractivity contribution in [1.29, 1.82) is 0 Å². The lowest BCUT2D eigenvalue weighted by atomic mass is 10.0. The largest absolute Gasteiger partial charge is 0.417 e. The number of alkyl halides is 6. The Morgan fingerprint density at radius 3 is 1.76 bits per heavy atom. The monoisotopic (exact) mass is 368 g/mol. The first kappa shape index (κ1) is 14.3. The molecule has 0 amide bonds. The van der Waals surface area contributed by atoms with Crippen molar-refractivity contribution in [1.82, 2.24) is 0 Å². The zero-order chi connectivity index (χ0) is 13.4. The molecule has 17 heavy (non-hydrogen) atoms. The molecule has 0 aliphatic carbocycles. The molecule has 1 aromatic carbocycles. The Hall–Kier alpha value is -0.800. The van der Waals surface area contributed by atoms with Crippen LogP contribution >= 0.6 is 22.6 Å². The summed E-state index contributed by atoms with van der Waals surface area (Å²) in [6.07, 6.45) is -9.90. The highest BCUT2D eigenvalue weighted by Gasteiger charge is 2.38. The third kappa shape index (κ3) is 3.11. The van der Waals surface area contributed by atoms with Crippen molar-refractivity contribution >= 4 is 28.9 Å². The molecule has 0 unspecified atom stereocenters. The van der Waals surface area contributed by atoms with Gasteiger partial charge in [0.25, 0.3) is 0 Å². The molecular formula is C9H3F6IO. The average molecular weight is 368 g/mol. The van der Waals surface area contributed by atoms with Crippen LogP contribution in [0.1, 0.15) is 21.5 Å². The van der Waals surface area contributed by atoms with Crippen molar-refractivity contribution < 1.29 is 31.1 Å². The maximum atomic E-state index is 12.4. The molecule has 0 spiro atoms. The van der Waals surface area contributed by atoms with Gasteiger partial charge in [-0.3, -0.25) is 4.79 Å². The molecule has 0 radical (unpaired) electrons. The summed E-state index contributed by atoms with van der Waals surface area (Å²) in [7, 11) is 0. The number of carbonyl (C=O) groups is 1. The van der Waals surface area contributed by atoms with Gasteiger partial charge in [-0.1, -0.05) is 0 Å². The Labute approximate surface area is 105 Å². The Morgan fingerprint density at radius 2 is 1.41 bits per heavy atom. The minimum Gasteiger partial charge on any atom is -0.298 e. The van der Waals surface area contributed by atoms with Crippen LogP contribution in [-0.2, 0) is 12.4 Å². The molecule has 1 aromatic rings. The van der Waals surface area contributed by atoms with E-state index >= 15 is 0 Å².